The molecule has 1 heterocycles. The molecule has 0 aliphatic rings. The molecule has 1 amide bonds. The Kier molecular flexibility index (Phi) is 5.31. The van der Waals surface area contributed by atoms with E-state index in [0.717, 1.165) is 28.7 Å². The van der Waals surface area contributed by atoms with E-state index in [2.05, 4.69) is 5.32 Å². The number of fused-ring (bicyclic) bond motifs is 1. The maximum atomic E-state index is 12.3. The van der Waals surface area contributed by atoms with Crippen LogP contribution in [0.2, 0.25) is 0 Å². The molecule has 114 valence electrons. The molecule has 0 aliphatic heterocycles. The Morgan fingerprint density at radius 2 is 2.19 bits per heavy atom. The number of carbonyl (C=O) groups excluding carboxylic acids is 1. The standard InChI is InChI=1S/C16H21NO3S/c1-10-4-5-14-13(8-10)11(2)15(20-14)16(19)17-12(9-18)6-7-21-3/h4-5,8,12,18H,6-7,9H2,1-3H3,(H,17,19)/t12-/m0/s1. The number of aryl methyl sites for hydroxylation is 2. The Morgan fingerprint density at radius 3 is 2.86 bits per heavy atom. The number of hydrogen-bond donors (Lipinski definition) is 2. The summed E-state index contributed by atoms with van der Waals surface area (Å²) >= 11 is 1.69. The lowest BCUT2D eigenvalue weighted by Crippen LogP contribution is -2.38. The second kappa shape index (κ2) is 7.00. The van der Waals surface area contributed by atoms with Gasteiger partial charge in [-0.15, -0.1) is 0 Å². The number of carbonyl (C=O) groups is 1. The number of aliphatic hydroxyl groups is 1. The summed E-state index contributed by atoms with van der Waals surface area (Å²) in [6.45, 7) is 3.83. The minimum absolute atomic E-state index is 0.0648. The molecule has 0 saturated carbocycles. The summed E-state index contributed by atoms with van der Waals surface area (Å²) in [5, 5.41) is 13.1. The van der Waals surface area contributed by atoms with Crippen LogP contribution in [-0.4, -0.2) is 35.7 Å². The quantitative estimate of drug-likeness (QED) is 0.861. The lowest BCUT2D eigenvalue weighted by atomic mass is 10.1. The van der Waals surface area contributed by atoms with E-state index in [4.69, 9.17) is 4.42 Å². The molecule has 0 saturated heterocycles. The first-order chi connectivity index (χ1) is 10.1. The minimum Gasteiger partial charge on any atom is -0.451 e. The molecule has 2 N–H and O–H groups in total. The molecule has 4 nitrogen and oxygen atoms in total. The molecule has 0 aliphatic carbocycles. The molecule has 1 aromatic heterocycles. The van der Waals surface area contributed by atoms with Gasteiger partial charge in [0.2, 0.25) is 0 Å². The number of aliphatic hydroxyl groups excluding tert-OH is 1. The highest BCUT2D eigenvalue weighted by molar-refractivity contribution is 7.98. The summed E-state index contributed by atoms with van der Waals surface area (Å²) in [6.07, 6.45) is 2.74. The fourth-order valence-electron chi connectivity index (χ4n) is 2.27. The molecule has 2 aromatic rings. The SMILES string of the molecule is CSCC[C@@H](CO)NC(=O)c1oc2ccc(C)cc2c1C. The maximum absolute atomic E-state index is 12.3. The fraction of sp³-hybridized carbons (Fsp3) is 0.438. The number of amides is 1. The molecule has 0 unspecified atom stereocenters. The van der Waals surface area contributed by atoms with Gasteiger partial charge in [0.05, 0.1) is 12.6 Å². The van der Waals surface area contributed by atoms with Crippen molar-refractivity contribution < 1.29 is 14.3 Å². The van der Waals surface area contributed by atoms with Crippen LogP contribution < -0.4 is 5.32 Å². The predicted octanol–water partition coefficient (Wildman–Crippen LogP) is 2.89. The number of benzene rings is 1. The average molecular weight is 307 g/mol. The topological polar surface area (TPSA) is 62.5 Å². The van der Waals surface area contributed by atoms with Crippen LogP contribution in [0.1, 0.15) is 28.1 Å². The van der Waals surface area contributed by atoms with Crippen molar-refractivity contribution >= 4 is 28.6 Å². The van der Waals surface area contributed by atoms with Crippen molar-refractivity contribution in [2.45, 2.75) is 26.3 Å². The molecule has 21 heavy (non-hydrogen) atoms. The van der Waals surface area contributed by atoms with Gasteiger partial charge < -0.3 is 14.8 Å². The predicted molar refractivity (Wildman–Crippen MR) is 87.0 cm³/mol. The third kappa shape index (κ3) is 3.60. The van der Waals surface area contributed by atoms with Crippen molar-refractivity contribution in [1.29, 1.82) is 0 Å². The van der Waals surface area contributed by atoms with E-state index in [1.165, 1.54) is 0 Å². The summed E-state index contributed by atoms with van der Waals surface area (Å²) in [7, 11) is 0. The Morgan fingerprint density at radius 1 is 1.43 bits per heavy atom. The van der Waals surface area contributed by atoms with Gasteiger partial charge in [-0.05, 0) is 44.4 Å². The van der Waals surface area contributed by atoms with Crippen LogP contribution >= 0.6 is 11.8 Å². The van der Waals surface area contributed by atoms with Crippen LogP contribution in [0.3, 0.4) is 0 Å². The molecular formula is C16H21NO3S. The van der Waals surface area contributed by atoms with Gasteiger partial charge in [-0.1, -0.05) is 11.6 Å². The zero-order chi connectivity index (χ0) is 15.4. The number of furan rings is 1. The third-order valence-electron chi connectivity index (χ3n) is 3.52. The van der Waals surface area contributed by atoms with Crippen molar-refractivity contribution in [3.63, 3.8) is 0 Å². The van der Waals surface area contributed by atoms with Crippen LogP contribution in [0, 0.1) is 13.8 Å². The highest BCUT2D eigenvalue weighted by atomic mass is 32.2. The Balaban J connectivity index is 2.21. The highest BCUT2D eigenvalue weighted by Gasteiger charge is 2.20. The van der Waals surface area contributed by atoms with Crippen molar-refractivity contribution in [1.82, 2.24) is 5.32 Å². The first-order valence-corrected chi connectivity index (χ1v) is 8.36. The largest absolute Gasteiger partial charge is 0.451 e. The van der Waals surface area contributed by atoms with Crippen LogP contribution in [0.15, 0.2) is 22.6 Å². The molecule has 0 radical (unpaired) electrons. The first kappa shape index (κ1) is 15.9. The molecule has 1 aromatic carbocycles. The summed E-state index contributed by atoms with van der Waals surface area (Å²) in [6, 6.07) is 5.62. The smallest absolute Gasteiger partial charge is 0.287 e. The number of rotatable bonds is 6. The van der Waals surface area contributed by atoms with Gasteiger partial charge in [0.15, 0.2) is 5.76 Å². The van der Waals surface area contributed by atoms with Crippen LogP contribution in [-0.2, 0) is 0 Å². The molecular weight excluding hydrogens is 286 g/mol. The molecule has 0 fully saturated rings. The van der Waals surface area contributed by atoms with Gasteiger partial charge in [0.1, 0.15) is 5.58 Å². The summed E-state index contributed by atoms with van der Waals surface area (Å²) < 4.78 is 5.67. The lowest BCUT2D eigenvalue weighted by molar-refractivity contribution is 0.0888. The van der Waals surface area contributed by atoms with Gasteiger partial charge in [0, 0.05) is 10.9 Å². The fourth-order valence-corrected chi connectivity index (χ4v) is 2.79. The summed E-state index contributed by atoms with van der Waals surface area (Å²) in [5.74, 6) is 0.962. The number of nitrogens with one attached hydrogen (secondary N) is 1. The van der Waals surface area contributed by atoms with E-state index in [1.807, 2.05) is 38.3 Å². The second-order valence-electron chi connectivity index (χ2n) is 5.19. The molecule has 0 bridgehead atoms. The van der Waals surface area contributed by atoms with Crippen LogP contribution in [0.5, 0.6) is 0 Å². The van der Waals surface area contributed by atoms with E-state index in [-0.39, 0.29) is 18.6 Å². The molecule has 5 heteroatoms. The van der Waals surface area contributed by atoms with E-state index in [0.29, 0.717) is 11.3 Å². The lowest BCUT2D eigenvalue weighted by Gasteiger charge is -2.14. The molecule has 2 rings (SSSR count). The minimum atomic E-state index is -0.262. The highest BCUT2D eigenvalue weighted by Crippen LogP contribution is 2.26. The maximum Gasteiger partial charge on any atom is 0.287 e. The number of hydrogen-bond acceptors (Lipinski definition) is 4. The zero-order valence-electron chi connectivity index (χ0n) is 12.6. The Labute approximate surface area is 128 Å². The average Bonchev–Trinajstić information content (AvgIpc) is 2.80. The van der Waals surface area contributed by atoms with E-state index in [9.17, 15) is 9.90 Å². The second-order valence-corrected chi connectivity index (χ2v) is 6.18. The van der Waals surface area contributed by atoms with Crippen LogP contribution in [0.4, 0.5) is 0 Å². The van der Waals surface area contributed by atoms with Crippen molar-refractivity contribution in [2.75, 3.05) is 18.6 Å². The van der Waals surface area contributed by atoms with Crippen molar-refractivity contribution in [3.8, 4) is 0 Å². The van der Waals surface area contributed by atoms with Gasteiger partial charge >= 0.3 is 0 Å². The Bertz CT molecular complexity index is 636. The van der Waals surface area contributed by atoms with E-state index in [1.54, 1.807) is 11.8 Å². The van der Waals surface area contributed by atoms with E-state index >= 15 is 0 Å². The third-order valence-corrected chi connectivity index (χ3v) is 4.17. The van der Waals surface area contributed by atoms with Crippen molar-refractivity contribution in [3.05, 3.63) is 35.1 Å². The zero-order valence-corrected chi connectivity index (χ0v) is 13.4. The summed E-state index contributed by atoms with van der Waals surface area (Å²) in [5.41, 5.74) is 2.69. The normalized spacial score (nSPS) is 12.6. The molecule has 0 spiro atoms. The van der Waals surface area contributed by atoms with Gasteiger partial charge in [-0.2, -0.15) is 11.8 Å². The number of thioether (sulfide) groups is 1. The van der Waals surface area contributed by atoms with Gasteiger partial charge in [0.25, 0.3) is 5.91 Å². The van der Waals surface area contributed by atoms with Gasteiger partial charge in [-0.3, -0.25) is 4.79 Å². The van der Waals surface area contributed by atoms with Crippen LogP contribution in [0.25, 0.3) is 11.0 Å². The van der Waals surface area contributed by atoms with Gasteiger partial charge in [-0.25, -0.2) is 0 Å². The Hall–Kier alpha value is -1.46. The van der Waals surface area contributed by atoms with Crippen molar-refractivity contribution in [2.24, 2.45) is 0 Å². The van der Waals surface area contributed by atoms with E-state index < -0.39 is 0 Å². The monoisotopic (exact) mass is 307 g/mol. The summed E-state index contributed by atoms with van der Waals surface area (Å²) in [4.78, 5) is 12.3. The first-order valence-electron chi connectivity index (χ1n) is 6.97. The molecule has 1 atom stereocenters.